The first-order valence-corrected chi connectivity index (χ1v) is 13.7. The fourth-order valence-electron chi connectivity index (χ4n) is 5.64. The first kappa shape index (κ1) is 26.4. The van der Waals surface area contributed by atoms with E-state index in [1.807, 2.05) is 18.2 Å². The summed E-state index contributed by atoms with van der Waals surface area (Å²) in [6.45, 7) is 6.08. The van der Waals surface area contributed by atoms with Crippen LogP contribution in [0.1, 0.15) is 36.7 Å². The van der Waals surface area contributed by atoms with Crippen molar-refractivity contribution in [2.24, 2.45) is 7.05 Å². The highest BCUT2D eigenvalue weighted by Gasteiger charge is 2.29. The number of methoxy groups -OCH3 is 1. The van der Waals surface area contributed by atoms with E-state index in [0.29, 0.717) is 27.9 Å². The van der Waals surface area contributed by atoms with Crippen LogP contribution in [-0.2, 0) is 16.5 Å². The summed E-state index contributed by atoms with van der Waals surface area (Å²) < 4.78 is 33.2. The maximum absolute atomic E-state index is 15.6. The zero-order valence-corrected chi connectivity index (χ0v) is 23.0. The monoisotopic (exact) mass is 548 g/mol. The number of fused-ring (bicyclic) bond motifs is 2. The first-order valence-electron chi connectivity index (χ1n) is 13.7. The number of aryl methyl sites for hydroxylation is 1. The Bertz CT molecular complexity index is 1560. The highest BCUT2D eigenvalue weighted by molar-refractivity contribution is 6.03. The van der Waals surface area contributed by atoms with E-state index >= 15 is 4.39 Å². The molecule has 0 bridgehead atoms. The van der Waals surface area contributed by atoms with E-state index in [-0.39, 0.29) is 36.2 Å². The Hall–Kier alpha value is -3.83. The molecule has 2 aliphatic heterocycles. The van der Waals surface area contributed by atoms with Crippen molar-refractivity contribution in [2.45, 2.75) is 32.2 Å². The molecule has 210 valence electrons. The summed E-state index contributed by atoms with van der Waals surface area (Å²) in [4.78, 5) is 27.5. The predicted molar refractivity (Wildman–Crippen MR) is 149 cm³/mol. The van der Waals surface area contributed by atoms with Gasteiger partial charge in [-0.05, 0) is 63.5 Å². The maximum Gasteiger partial charge on any atom is 0.357 e. The topological polar surface area (TPSA) is 94.8 Å². The second kappa shape index (κ2) is 11.0. The molecule has 6 rings (SSSR count). The van der Waals surface area contributed by atoms with Crippen molar-refractivity contribution in [3.63, 3.8) is 0 Å². The third-order valence-electron chi connectivity index (χ3n) is 7.76. The number of nitrogens with zero attached hydrogens (tertiary/aromatic N) is 6. The minimum Gasteiger partial charge on any atom is -0.464 e. The smallest absolute Gasteiger partial charge is 0.357 e. The van der Waals surface area contributed by atoms with Crippen LogP contribution in [0.2, 0.25) is 0 Å². The van der Waals surface area contributed by atoms with Gasteiger partial charge < -0.3 is 24.0 Å². The Kier molecular flexibility index (Phi) is 7.24. The molecule has 2 saturated heterocycles. The average Bonchev–Trinajstić information content (AvgIpc) is 3.31. The van der Waals surface area contributed by atoms with E-state index in [1.165, 1.54) is 31.3 Å². The highest BCUT2D eigenvalue weighted by atomic mass is 19.1. The standard InChI is InChI=1S/C29H33FN6O4/c1-4-39-29(37)26-21-15-20(36-12-8-19(9-13-36)35-10-5-11-35)6-7-23(21)31-28(32-26)22-14-18-16-34(2)33-25(18)24(30)27(22)40-17-38-3/h6-7,14-16,19H,4-5,8-13,17H2,1-3H3. The number of aromatic nitrogens is 4. The molecule has 2 fully saturated rings. The number of ether oxygens (including phenoxy) is 3. The molecule has 0 spiro atoms. The van der Waals surface area contributed by atoms with Gasteiger partial charge in [-0.1, -0.05) is 0 Å². The number of anilines is 1. The lowest BCUT2D eigenvalue weighted by Gasteiger charge is -2.43. The number of esters is 1. The molecule has 2 aliphatic rings. The molecular weight excluding hydrogens is 515 g/mol. The van der Waals surface area contributed by atoms with Crippen LogP contribution in [0.3, 0.4) is 0 Å². The van der Waals surface area contributed by atoms with Crippen molar-refractivity contribution in [1.82, 2.24) is 24.6 Å². The molecule has 4 heterocycles. The van der Waals surface area contributed by atoms with Crippen molar-refractivity contribution < 1.29 is 23.4 Å². The van der Waals surface area contributed by atoms with E-state index in [1.54, 1.807) is 26.2 Å². The number of piperidine rings is 1. The zero-order chi connectivity index (χ0) is 27.8. The zero-order valence-electron chi connectivity index (χ0n) is 23.0. The fourth-order valence-corrected chi connectivity index (χ4v) is 5.64. The molecule has 0 atom stereocenters. The number of likely N-dealkylation sites (tertiary alicyclic amines) is 1. The quantitative estimate of drug-likeness (QED) is 0.238. The maximum atomic E-state index is 15.6. The Balaban J connectivity index is 1.43. The van der Waals surface area contributed by atoms with Crippen LogP contribution in [-0.4, -0.2) is 83.3 Å². The van der Waals surface area contributed by atoms with Crippen molar-refractivity contribution in [2.75, 3.05) is 51.6 Å². The molecule has 0 N–H and O–H groups in total. The third-order valence-corrected chi connectivity index (χ3v) is 7.76. The molecule has 0 unspecified atom stereocenters. The van der Waals surface area contributed by atoms with Gasteiger partial charge in [0.1, 0.15) is 5.52 Å². The molecule has 0 aliphatic carbocycles. The SMILES string of the molecule is CCOC(=O)c1nc(-c2cc3cn(C)nc3c(F)c2OCOC)nc2ccc(N3CCC(N4CCC4)CC3)cc12. The molecule has 0 radical (unpaired) electrons. The van der Waals surface area contributed by atoms with Crippen LogP contribution >= 0.6 is 0 Å². The lowest BCUT2D eigenvalue weighted by molar-refractivity contribution is 0.0488. The van der Waals surface area contributed by atoms with Gasteiger partial charge in [-0.15, -0.1) is 0 Å². The minimum atomic E-state index is -0.650. The number of carbonyl (C=O) groups is 1. The Morgan fingerprint density at radius 1 is 1.12 bits per heavy atom. The molecule has 0 amide bonds. The summed E-state index contributed by atoms with van der Waals surface area (Å²) in [5, 5.41) is 5.35. The summed E-state index contributed by atoms with van der Waals surface area (Å²) in [6.07, 6.45) is 5.23. The number of rotatable bonds is 8. The second-order valence-electron chi connectivity index (χ2n) is 10.3. The molecule has 4 aromatic rings. The summed E-state index contributed by atoms with van der Waals surface area (Å²) >= 11 is 0. The van der Waals surface area contributed by atoms with E-state index in [2.05, 4.69) is 19.9 Å². The van der Waals surface area contributed by atoms with Gasteiger partial charge in [-0.2, -0.15) is 5.10 Å². The number of hydrogen-bond acceptors (Lipinski definition) is 9. The van der Waals surface area contributed by atoms with Crippen LogP contribution in [0, 0.1) is 5.82 Å². The molecular formula is C29H33FN6O4. The highest BCUT2D eigenvalue weighted by Crippen LogP contribution is 2.37. The van der Waals surface area contributed by atoms with Crippen molar-refractivity contribution in [3.8, 4) is 17.1 Å². The third kappa shape index (κ3) is 4.84. The fraction of sp³-hybridized carbons (Fsp3) is 0.448. The van der Waals surface area contributed by atoms with Gasteiger partial charge >= 0.3 is 5.97 Å². The van der Waals surface area contributed by atoms with Crippen LogP contribution in [0.5, 0.6) is 5.75 Å². The van der Waals surface area contributed by atoms with Crippen LogP contribution in [0.4, 0.5) is 10.1 Å². The van der Waals surface area contributed by atoms with Crippen LogP contribution in [0.15, 0.2) is 30.5 Å². The largest absolute Gasteiger partial charge is 0.464 e. The van der Waals surface area contributed by atoms with E-state index in [4.69, 9.17) is 19.2 Å². The molecule has 11 heteroatoms. The molecule has 0 saturated carbocycles. The normalized spacial score (nSPS) is 16.4. The van der Waals surface area contributed by atoms with Crippen LogP contribution in [0.25, 0.3) is 33.2 Å². The first-order chi connectivity index (χ1) is 19.5. The molecule has 40 heavy (non-hydrogen) atoms. The van der Waals surface area contributed by atoms with E-state index < -0.39 is 11.8 Å². The van der Waals surface area contributed by atoms with Gasteiger partial charge in [-0.3, -0.25) is 4.68 Å². The number of carbonyl (C=O) groups excluding carboxylic acids is 1. The molecule has 2 aromatic carbocycles. The summed E-state index contributed by atoms with van der Waals surface area (Å²) in [6, 6.07) is 8.23. The molecule has 10 nitrogen and oxygen atoms in total. The van der Waals surface area contributed by atoms with Crippen LogP contribution < -0.4 is 9.64 Å². The van der Waals surface area contributed by atoms with Crippen molar-refractivity contribution >= 4 is 33.5 Å². The van der Waals surface area contributed by atoms with Gasteiger partial charge in [0.05, 0.1) is 17.7 Å². The van der Waals surface area contributed by atoms with Gasteiger partial charge in [-0.25, -0.2) is 19.2 Å². The minimum absolute atomic E-state index is 0.0936. The average molecular weight is 549 g/mol. The Labute approximate surface area is 231 Å². The lowest BCUT2D eigenvalue weighted by Crippen LogP contribution is -2.50. The Morgan fingerprint density at radius 2 is 1.93 bits per heavy atom. The van der Waals surface area contributed by atoms with Gasteiger partial charge in [0.15, 0.2) is 29.9 Å². The van der Waals surface area contributed by atoms with Gasteiger partial charge in [0.25, 0.3) is 0 Å². The second-order valence-corrected chi connectivity index (χ2v) is 10.3. The summed E-state index contributed by atoms with van der Waals surface area (Å²) in [5.74, 6) is -1.16. The number of benzene rings is 2. The lowest BCUT2D eigenvalue weighted by atomic mass is 9.99. The van der Waals surface area contributed by atoms with Gasteiger partial charge in [0.2, 0.25) is 0 Å². The summed E-state index contributed by atoms with van der Waals surface area (Å²) in [5.41, 5.74) is 2.15. The molecule has 2 aromatic heterocycles. The number of halogens is 1. The van der Waals surface area contributed by atoms with Crippen molar-refractivity contribution in [1.29, 1.82) is 0 Å². The Morgan fingerprint density at radius 3 is 2.62 bits per heavy atom. The van der Waals surface area contributed by atoms with E-state index in [0.717, 1.165) is 31.6 Å². The number of hydrogen-bond donors (Lipinski definition) is 0. The van der Waals surface area contributed by atoms with E-state index in [9.17, 15) is 4.79 Å². The summed E-state index contributed by atoms with van der Waals surface area (Å²) in [7, 11) is 3.17. The van der Waals surface area contributed by atoms with Crippen molar-refractivity contribution in [3.05, 3.63) is 42.0 Å². The predicted octanol–water partition coefficient (Wildman–Crippen LogP) is 4.16. The van der Waals surface area contributed by atoms with Gasteiger partial charge in [0, 0.05) is 55.9 Å².